The minimum atomic E-state index is -1.34. The van der Waals surface area contributed by atoms with E-state index in [1.807, 2.05) is 0 Å². The van der Waals surface area contributed by atoms with E-state index in [1.54, 1.807) is 0 Å². The van der Waals surface area contributed by atoms with E-state index in [4.69, 9.17) is 0 Å². The minimum Gasteiger partial charge on any atom is -0.545 e. The van der Waals surface area contributed by atoms with Gasteiger partial charge in [-0.3, -0.25) is 20.2 Å². The number of hydrogen-bond donors (Lipinski definition) is 4. The first-order valence-corrected chi connectivity index (χ1v) is 12.0. The van der Waals surface area contributed by atoms with Gasteiger partial charge in [-0.2, -0.15) is 0 Å². The summed E-state index contributed by atoms with van der Waals surface area (Å²) in [6.07, 6.45) is 2.44. The summed E-state index contributed by atoms with van der Waals surface area (Å²) in [5.41, 5.74) is -0.416. The number of carbonyl (C=O) groups is 2. The normalized spacial score (nSPS) is 14.4. The number of nitro benzene ring substituents is 2. The van der Waals surface area contributed by atoms with E-state index in [-0.39, 0.29) is 39.0 Å². The number of aromatic carboxylic acids is 2. The van der Waals surface area contributed by atoms with E-state index >= 15 is 0 Å². The molecule has 0 aromatic heterocycles. The molecule has 0 spiro atoms. The third kappa shape index (κ3) is 16.9. The zero-order valence-corrected chi connectivity index (χ0v) is 22.2. The number of benzene rings is 2. The maximum atomic E-state index is 10.2. The van der Waals surface area contributed by atoms with Gasteiger partial charge in [-0.1, -0.05) is 0 Å². The molecule has 1 aliphatic heterocycles. The number of non-ortho nitro benzene ring substituents is 2. The quantitative estimate of drug-likeness (QED) is 0.193. The summed E-state index contributed by atoms with van der Waals surface area (Å²) in [4.78, 5) is 39.5. The number of carboxylic acid groups (broad SMARTS) is 2. The molecular formula is C24H32N6NiO8. The summed E-state index contributed by atoms with van der Waals surface area (Å²) in [5.74, 6) is -2.69. The number of nitrogens with one attached hydrogen (secondary N) is 4. The largest absolute Gasteiger partial charge is 2.00 e. The van der Waals surface area contributed by atoms with Crippen molar-refractivity contribution in [3.63, 3.8) is 0 Å². The average Bonchev–Trinajstić information content (AvgIpc) is 2.91. The van der Waals surface area contributed by atoms with Gasteiger partial charge in [-0.15, -0.1) is 0 Å². The van der Waals surface area contributed by atoms with Crippen molar-refractivity contribution >= 4 is 23.3 Å². The Balaban J connectivity index is 0.000000551. The Morgan fingerprint density at radius 2 is 0.795 bits per heavy atom. The van der Waals surface area contributed by atoms with Crippen LogP contribution in [0.4, 0.5) is 11.4 Å². The standard InChI is InChI=1S/C10H24N4.2C7H5NO4.Ni/c1-3-11-7-9-13-5-2-6-14-10-8-12-4-1;2*9-7(10)5-1-3-6(4-2-5)8(11)12;/h11-14H,1-10H2;2*1-4H,(H,9,10);/q;;;+2/p-2. The van der Waals surface area contributed by atoms with Crippen molar-refractivity contribution in [1.82, 2.24) is 21.3 Å². The van der Waals surface area contributed by atoms with Crippen molar-refractivity contribution in [3.05, 3.63) is 79.9 Å². The first-order chi connectivity index (χ1) is 18.2. The molecule has 0 atom stereocenters. The van der Waals surface area contributed by atoms with Gasteiger partial charge in [0.15, 0.2) is 0 Å². The topological polar surface area (TPSA) is 215 Å². The second-order valence-corrected chi connectivity index (χ2v) is 7.89. The zero-order valence-electron chi connectivity index (χ0n) is 21.2. The van der Waals surface area contributed by atoms with Crippen LogP contribution in [-0.2, 0) is 16.5 Å². The van der Waals surface area contributed by atoms with Gasteiger partial charge in [0, 0.05) is 50.4 Å². The van der Waals surface area contributed by atoms with Gasteiger partial charge < -0.3 is 41.1 Å². The summed E-state index contributed by atoms with van der Waals surface area (Å²) < 4.78 is 0. The van der Waals surface area contributed by atoms with Crippen LogP contribution in [0.5, 0.6) is 0 Å². The van der Waals surface area contributed by atoms with E-state index in [9.17, 15) is 40.0 Å². The fraction of sp³-hybridized carbons (Fsp3) is 0.417. The number of rotatable bonds is 4. The second kappa shape index (κ2) is 21.4. The Kier molecular flexibility index (Phi) is 19.5. The maximum absolute atomic E-state index is 10.2. The third-order valence-corrected chi connectivity index (χ3v) is 5.00. The molecule has 2 aromatic carbocycles. The van der Waals surface area contributed by atoms with E-state index in [0.29, 0.717) is 0 Å². The van der Waals surface area contributed by atoms with Crippen molar-refractivity contribution in [2.24, 2.45) is 0 Å². The van der Waals surface area contributed by atoms with Crippen LogP contribution in [0.1, 0.15) is 33.6 Å². The Hall–Kier alpha value is -3.49. The number of carboxylic acids is 2. The van der Waals surface area contributed by atoms with Crippen molar-refractivity contribution in [2.45, 2.75) is 12.8 Å². The number of nitro groups is 2. The van der Waals surface area contributed by atoms with Crippen LogP contribution in [0.25, 0.3) is 0 Å². The Morgan fingerprint density at radius 1 is 0.538 bits per heavy atom. The molecule has 3 rings (SSSR count). The summed E-state index contributed by atoms with van der Waals surface area (Å²) in [7, 11) is 0. The van der Waals surface area contributed by atoms with Crippen molar-refractivity contribution in [3.8, 4) is 0 Å². The molecular weight excluding hydrogens is 559 g/mol. The fourth-order valence-corrected chi connectivity index (χ4v) is 2.97. The second-order valence-electron chi connectivity index (χ2n) is 7.89. The Morgan fingerprint density at radius 3 is 1.00 bits per heavy atom. The molecule has 14 nitrogen and oxygen atoms in total. The Labute approximate surface area is 235 Å². The van der Waals surface area contributed by atoms with Gasteiger partial charge in [0.2, 0.25) is 0 Å². The fourth-order valence-electron chi connectivity index (χ4n) is 2.97. The number of nitrogens with zero attached hydrogens (tertiary/aromatic N) is 2. The van der Waals surface area contributed by atoms with Crippen LogP contribution in [0, 0.1) is 20.2 Å². The zero-order chi connectivity index (χ0) is 28.2. The number of carbonyl (C=O) groups excluding carboxylic acids is 2. The molecule has 0 unspecified atom stereocenters. The number of hydrogen-bond acceptors (Lipinski definition) is 12. The molecule has 0 amide bonds. The van der Waals surface area contributed by atoms with Gasteiger partial charge in [-0.25, -0.2) is 0 Å². The summed E-state index contributed by atoms with van der Waals surface area (Å²) >= 11 is 0. The molecule has 15 heteroatoms. The van der Waals surface area contributed by atoms with Gasteiger partial charge >= 0.3 is 16.5 Å². The molecule has 0 aliphatic carbocycles. The van der Waals surface area contributed by atoms with Crippen LogP contribution >= 0.6 is 0 Å². The SMILES string of the molecule is C1CNCCNCCCNCCNC1.O=C([O-])c1ccc([N+](=O)[O-])cc1.O=C([O-])c1ccc([N+](=O)[O-])cc1.[Ni+2]. The van der Waals surface area contributed by atoms with E-state index in [0.717, 1.165) is 101 Å². The summed E-state index contributed by atoms with van der Waals surface area (Å²) in [5, 5.41) is 54.3. The third-order valence-electron chi connectivity index (χ3n) is 5.00. The molecule has 0 bridgehead atoms. The van der Waals surface area contributed by atoms with Crippen molar-refractivity contribution in [1.29, 1.82) is 0 Å². The van der Waals surface area contributed by atoms with Gasteiger partial charge in [-0.05, 0) is 74.4 Å². The molecule has 0 saturated carbocycles. The monoisotopic (exact) mass is 590 g/mol. The van der Waals surface area contributed by atoms with Gasteiger partial charge in [0.05, 0.1) is 21.8 Å². The van der Waals surface area contributed by atoms with Crippen LogP contribution in [-0.4, -0.2) is 74.1 Å². The van der Waals surface area contributed by atoms with Crippen LogP contribution in [0.15, 0.2) is 48.5 Å². The van der Waals surface area contributed by atoms with E-state index in [2.05, 4.69) is 21.3 Å². The van der Waals surface area contributed by atoms with E-state index < -0.39 is 21.8 Å². The average molecular weight is 591 g/mol. The molecule has 2 aromatic rings. The predicted molar refractivity (Wildman–Crippen MR) is 136 cm³/mol. The molecule has 1 fully saturated rings. The summed E-state index contributed by atoms with van der Waals surface area (Å²) in [6, 6.07) is 8.99. The molecule has 1 aliphatic rings. The van der Waals surface area contributed by atoms with Crippen LogP contribution in [0.2, 0.25) is 0 Å². The van der Waals surface area contributed by atoms with E-state index in [1.165, 1.54) is 12.8 Å². The Bertz CT molecular complexity index is 822. The van der Waals surface area contributed by atoms with Gasteiger partial charge in [0.1, 0.15) is 0 Å². The van der Waals surface area contributed by atoms with Crippen molar-refractivity contribution in [2.75, 3.05) is 52.4 Å². The smallest absolute Gasteiger partial charge is 0.545 e. The first-order valence-electron chi connectivity index (χ1n) is 12.0. The predicted octanol–water partition coefficient (Wildman–Crippen LogP) is -0.947. The van der Waals surface area contributed by atoms with Crippen molar-refractivity contribution < 1.29 is 46.1 Å². The molecule has 0 radical (unpaired) electrons. The maximum Gasteiger partial charge on any atom is 2.00 e. The first kappa shape index (κ1) is 35.5. The minimum absolute atomic E-state index is 0. The molecule has 1 heterocycles. The molecule has 216 valence electrons. The molecule has 39 heavy (non-hydrogen) atoms. The molecule has 4 N–H and O–H groups in total. The molecule has 1 saturated heterocycles. The summed E-state index contributed by atoms with van der Waals surface area (Å²) in [6.45, 7) is 8.87. The van der Waals surface area contributed by atoms with Crippen LogP contribution < -0.4 is 31.5 Å². The van der Waals surface area contributed by atoms with Gasteiger partial charge in [0.25, 0.3) is 11.4 Å². The van der Waals surface area contributed by atoms with Crippen LogP contribution in [0.3, 0.4) is 0 Å².